The first-order valence-electron chi connectivity index (χ1n) is 6.88. The third-order valence-corrected chi connectivity index (χ3v) is 2.84. The van der Waals surface area contributed by atoms with Gasteiger partial charge >= 0.3 is 6.03 Å². The Morgan fingerprint density at radius 2 is 1.67 bits per heavy atom. The van der Waals surface area contributed by atoms with Crippen LogP contribution in [-0.2, 0) is 6.42 Å². The Balaban J connectivity index is 1.97. The summed E-state index contributed by atoms with van der Waals surface area (Å²) >= 11 is 0. The smallest absolute Gasteiger partial charge is 0.314 e. The van der Waals surface area contributed by atoms with E-state index in [4.69, 9.17) is 0 Å². The standard InChI is InChI=1S/C15H24N2O/c1-2-3-12-16-15(18)17-13-8-7-11-14-9-5-4-6-10-14/h4-6,9-10H,2-3,7-8,11-13H2,1H3,(H2,16,17,18). The molecule has 2 N–H and O–H groups in total. The second kappa shape index (κ2) is 9.51. The first-order chi connectivity index (χ1) is 8.83. The molecule has 0 spiro atoms. The number of rotatable bonds is 8. The van der Waals surface area contributed by atoms with Crippen LogP contribution in [0, 0.1) is 0 Å². The number of aryl methyl sites for hydroxylation is 1. The molecule has 0 unspecified atom stereocenters. The van der Waals surface area contributed by atoms with E-state index in [-0.39, 0.29) is 6.03 Å². The maximum Gasteiger partial charge on any atom is 0.314 e. The summed E-state index contributed by atoms with van der Waals surface area (Å²) in [6.07, 6.45) is 5.37. The third-order valence-electron chi connectivity index (χ3n) is 2.84. The molecule has 3 heteroatoms. The molecule has 18 heavy (non-hydrogen) atoms. The predicted molar refractivity (Wildman–Crippen MR) is 75.7 cm³/mol. The number of unbranched alkanes of at least 4 members (excludes halogenated alkanes) is 2. The first-order valence-corrected chi connectivity index (χ1v) is 6.88. The zero-order chi connectivity index (χ0) is 13.1. The Hall–Kier alpha value is -1.51. The van der Waals surface area contributed by atoms with E-state index in [9.17, 15) is 4.79 Å². The topological polar surface area (TPSA) is 41.1 Å². The van der Waals surface area contributed by atoms with Gasteiger partial charge in [-0.25, -0.2) is 4.79 Å². The van der Waals surface area contributed by atoms with Gasteiger partial charge in [0.15, 0.2) is 0 Å². The van der Waals surface area contributed by atoms with Gasteiger partial charge in [0.25, 0.3) is 0 Å². The Labute approximate surface area is 110 Å². The predicted octanol–water partition coefficient (Wildman–Crippen LogP) is 3.11. The van der Waals surface area contributed by atoms with Crippen LogP contribution in [-0.4, -0.2) is 19.1 Å². The molecular formula is C15H24N2O. The molecule has 2 amide bonds. The first kappa shape index (κ1) is 14.6. The van der Waals surface area contributed by atoms with E-state index < -0.39 is 0 Å². The summed E-state index contributed by atoms with van der Waals surface area (Å²) in [5.41, 5.74) is 1.37. The summed E-state index contributed by atoms with van der Waals surface area (Å²) in [4.78, 5) is 11.3. The Kier molecular flexibility index (Phi) is 7.69. The summed E-state index contributed by atoms with van der Waals surface area (Å²) in [5.74, 6) is 0. The maximum atomic E-state index is 11.3. The van der Waals surface area contributed by atoms with Gasteiger partial charge in [0, 0.05) is 13.1 Å². The highest BCUT2D eigenvalue weighted by Crippen LogP contribution is 2.03. The normalized spacial score (nSPS) is 10.1. The molecule has 0 aliphatic carbocycles. The van der Waals surface area contributed by atoms with Gasteiger partial charge in [-0.2, -0.15) is 0 Å². The molecule has 1 rings (SSSR count). The summed E-state index contributed by atoms with van der Waals surface area (Å²) in [6.45, 7) is 3.64. The van der Waals surface area contributed by atoms with E-state index in [2.05, 4.69) is 41.8 Å². The molecule has 0 radical (unpaired) electrons. The molecule has 0 aliphatic rings. The number of nitrogens with one attached hydrogen (secondary N) is 2. The van der Waals surface area contributed by atoms with Crippen molar-refractivity contribution in [2.45, 2.75) is 39.0 Å². The maximum absolute atomic E-state index is 11.3. The second-order valence-electron chi connectivity index (χ2n) is 4.48. The van der Waals surface area contributed by atoms with Gasteiger partial charge < -0.3 is 10.6 Å². The molecule has 100 valence electrons. The minimum Gasteiger partial charge on any atom is -0.338 e. The highest BCUT2D eigenvalue weighted by molar-refractivity contribution is 5.73. The van der Waals surface area contributed by atoms with Crippen molar-refractivity contribution in [2.75, 3.05) is 13.1 Å². The molecule has 0 bridgehead atoms. The fourth-order valence-electron chi connectivity index (χ4n) is 1.74. The van der Waals surface area contributed by atoms with Crippen molar-refractivity contribution in [3.8, 4) is 0 Å². The van der Waals surface area contributed by atoms with Crippen molar-refractivity contribution in [1.82, 2.24) is 10.6 Å². The van der Waals surface area contributed by atoms with Crippen LogP contribution in [0.5, 0.6) is 0 Å². The lowest BCUT2D eigenvalue weighted by Crippen LogP contribution is -2.36. The lowest BCUT2D eigenvalue weighted by atomic mass is 10.1. The SMILES string of the molecule is CCCCNC(=O)NCCCCc1ccccc1. The molecule has 0 saturated heterocycles. The van der Waals surface area contributed by atoms with Gasteiger partial charge in [0.05, 0.1) is 0 Å². The molecule has 0 aliphatic heterocycles. The van der Waals surface area contributed by atoms with Gasteiger partial charge in [-0.1, -0.05) is 43.7 Å². The molecule has 0 atom stereocenters. The monoisotopic (exact) mass is 248 g/mol. The third kappa shape index (κ3) is 6.94. The molecule has 0 saturated carbocycles. The Morgan fingerprint density at radius 3 is 2.33 bits per heavy atom. The van der Waals surface area contributed by atoms with Crippen LogP contribution in [0.2, 0.25) is 0 Å². The second-order valence-corrected chi connectivity index (χ2v) is 4.48. The molecule has 1 aromatic carbocycles. The summed E-state index contributed by atoms with van der Waals surface area (Å²) in [6, 6.07) is 10.4. The Bertz CT molecular complexity index is 325. The van der Waals surface area contributed by atoms with Gasteiger partial charge in [0.1, 0.15) is 0 Å². The van der Waals surface area contributed by atoms with E-state index in [1.165, 1.54) is 5.56 Å². The molecule has 1 aromatic rings. The van der Waals surface area contributed by atoms with Gasteiger partial charge in [-0.05, 0) is 31.2 Å². The lowest BCUT2D eigenvalue weighted by molar-refractivity contribution is 0.240. The summed E-state index contributed by atoms with van der Waals surface area (Å²) in [5, 5.41) is 5.72. The number of hydrogen-bond acceptors (Lipinski definition) is 1. The minimum absolute atomic E-state index is 0.0387. The van der Waals surface area contributed by atoms with Gasteiger partial charge in [-0.3, -0.25) is 0 Å². The van der Waals surface area contributed by atoms with E-state index in [1.807, 2.05) is 6.07 Å². The van der Waals surface area contributed by atoms with Crippen molar-refractivity contribution < 1.29 is 4.79 Å². The van der Waals surface area contributed by atoms with Crippen LogP contribution in [0.1, 0.15) is 38.2 Å². The van der Waals surface area contributed by atoms with E-state index in [0.717, 1.165) is 45.2 Å². The van der Waals surface area contributed by atoms with Crippen LogP contribution in [0.4, 0.5) is 4.79 Å². The number of urea groups is 1. The zero-order valence-corrected chi connectivity index (χ0v) is 11.2. The van der Waals surface area contributed by atoms with Crippen LogP contribution in [0.25, 0.3) is 0 Å². The van der Waals surface area contributed by atoms with Crippen LogP contribution >= 0.6 is 0 Å². The number of benzene rings is 1. The van der Waals surface area contributed by atoms with Gasteiger partial charge in [-0.15, -0.1) is 0 Å². The minimum atomic E-state index is -0.0387. The van der Waals surface area contributed by atoms with Crippen molar-refractivity contribution in [1.29, 1.82) is 0 Å². The Morgan fingerprint density at radius 1 is 1.00 bits per heavy atom. The number of carbonyl (C=O) groups excluding carboxylic acids is 1. The average molecular weight is 248 g/mol. The van der Waals surface area contributed by atoms with Crippen LogP contribution < -0.4 is 10.6 Å². The fraction of sp³-hybridized carbons (Fsp3) is 0.533. The number of carbonyl (C=O) groups is 1. The highest BCUT2D eigenvalue weighted by atomic mass is 16.2. The van der Waals surface area contributed by atoms with E-state index >= 15 is 0 Å². The van der Waals surface area contributed by atoms with Crippen molar-refractivity contribution in [3.05, 3.63) is 35.9 Å². The lowest BCUT2D eigenvalue weighted by Gasteiger charge is -2.07. The van der Waals surface area contributed by atoms with Crippen LogP contribution in [0.15, 0.2) is 30.3 Å². The summed E-state index contributed by atoms with van der Waals surface area (Å²) in [7, 11) is 0. The highest BCUT2D eigenvalue weighted by Gasteiger charge is 1.98. The van der Waals surface area contributed by atoms with Gasteiger partial charge in [0.2, 0.25) is 0 Å². The molecule has 0 fully saturated rings. The largest absolute Gasteiger partial charge is 0.338 e. The quantitative estimate of drug-likeness (QED) is 0.682. The van der Waals surface area contributed by atoms with E-state index in [1.54, 1.807) is 0 Å². The summed E-state index contributed by atoms with van der Waals surface area (Å²) < 4.78 is 0. The van der Waals surface area contributed by atoms with Crippen molar-refractivity contribution in [3.63, 3.8) is 0 Å². The molecule has 0 aromatic heterocycles. The number of hydrogen-bond donors (Lipinski definition) is 2. The average Bonchev–Trinajstić information content (AvgIpc) is 2.40. The molecule has 3 nitrogen and oxygen atoms in total. The molecular weight excluding hydrogens is 224 g/mol. The van der Waals surface area contributed by atoms with Crippen LogP contribution in [0.3, 0.4) is 0 Å². The van der Waals surface area contributed by atoms with E-state index in [0.29, 0.717) is 0 Å². The molecule has 0 heterocycles. The van der Waals surface area contributed by atoms with Crippen molar-refractivity contribution in [2.24, 2.45) is 0 Å². The fourth-order valence-corrected chi connectivity index (χ4v) is 1.74. The number of amides is 2. The zero-order valence-electron chi connectivity index (χ0n) is 11.2. The van der Waals surface area contributed by atoms with Crippen molar-refractivity contribution >= 4 is 6.03 Å².